The highest BCUT2D eigenvalue weighted by Crippen LogP contribution is 2.13. The number of aliphatic hydroxyl groups is 1. The van der Waals surface area contributed by atoms with E-state index >= 15 is 0 Å². The summed E-state index contributed by atoms with van der Waals surface area (Å²) >= 11 is 0. The Balaban J connectivity index is 0.000000371. The topological polar surface area (TPSA) is 59.4 Å². The molecule has 3 nitrogen and oxygen atoms in total. The zero-order valence-corrected chi connectivity index (χ0v) is 6.51. The summed E-state index contributed by atoms with van der Waals surface area (Å²) in [4.78, 5) is 0. The van der Waals surface area contributed by atoms with E-state index in [2.05, 4.69) is 0 Å². The van der Waals surface area contributed by atoms with Gasteiger partial charge in [-0.15, -0.1) is 0 Å². The van der Waals surface area contributed by atoms with Crippen molar-refractivity contribution in [2.24, 2.45) is 0 Å². The number of anilines is 1. The molecular weight excluding hydrogens is 130 g/mol. The van der Waals surface area contributed by atoms with E-state index in [4.69, 9.17) is 15.3 Å². The van der Waals surface area contributed by atoms with E-state index in [1.54, 1.807) is 0 Å². The van der Waals surface area contributed by atoms with Crippen LogP contribution in [0.1, 0.15) is 11.3 Å². The third-order valence-corrected chi connectivity index (χ3v) is 1.19. The van der Waals surface area contributed by atoms with Gasteiger partial charge in [-0.3, -0.25) is 0 Å². The van der Waals surface area contributed by atoms with Gasteiger partial charge in [0.05, 0.1) is 0 Å². The molecule has 0 saturated carbocycles. The van der Waals surface area contributed by atoms with Crippen LogP contribution in [0.25, 0.3) is 0 Å². The zero-order valence-electron chi connectivity index (χ0n) is 6.51. The van der Waals surface area contributed by atoms with E-state index in [-0.39, 0.29) is 0 Å². The Labute approximate surface area is 60.5 Å². The lowest BCUT2D eigenvalue weighted by molar-refractivity contribution is 0.399. The molecule has 0 aromatic carbocycles. The molecule has 1 rings (SSSR count). The van der Waals surface area contributed by atoms with E-state index in [0.717, 1.165) is 18.4 Å². The summed E-state index contributed by atoms with van der Waals surface area (Å²) in [5.41, 5.74) is 6.43. The van der Waals surface area contributed by atoms with Crippen molar-refractivity contribution in [2.45, 2.75) is 13.8 Å². The Hall–Kier alpha value is -0.960. The Kier molecular flexibility index (Phi) is 3.57. The summed E-state index contributed by atoms with van der Waals surface area (Å²) in [7, 11) is 1.00. The number of furan rings is 1. The predicted molar refractivity (Wildman–Crippen MR) is 40.7 cm³/mol. The van der Waals surface area contributed by atoms with Gasteiger partial charge in [-0.2, -0.15) is 0 Å². The molecule has 1 aromatic heterocycles. The molecule has 0 aliphatic heterocycles. The lowest BCUT2D eigenvalue weighted by Crippen LogP contribution is -1.75. The molecule has 0 radical (unpaired) electrons. The summed E-state index contributed by atoms with van der Waals surface area (Å²) in [6.07, 6.45) is 0. The fraction of sp³-hybridized carbons (Fsp3) is 0.429. The van der Waals surface area contributed by atoms with Crippen molar-refractivity contribution >= 4 is 5.88 Å². The van der Waals surface area contributed by atoms with Crippen molar-refractivity contribution < 1.29 is 9.52 Å². The maximum Gasteiger partial charge on any atom is 0.190 e. The highest BCUT2D eigenvalue weighted by atomic mass is 16.3. The molecule has 10 heavy (non-hydrogen) atoms. The smallest absolute Gasteiger partial charge is 0.190 e. The average Bonchev–Trinajstić information content (AvgIpc) is 2.16. The van der Waals surface area contributed by atoms with E-state index in [0.29, 0.717) is 5.88 Å². The molecule has 0 bridgehead atoms. The first-order valence-electron chi connectivity index (χ1n) is 2.97. The van der Waals surface area contributed by atoms with E-state index < -0.39 is 0 Å². The van der Waals surface area contributed by atoms with E-state index in [1.807, 2.05) is 19.9 Å². The van der Waals surface area contributed by atoms with Gasteiger partial charge in [-0.25, -0.2) is 0 Å². The number of hydrogen-bond acceptors (Lipinski definition) is 3. The molecule has 0 amide bonds. The summed E-state index contributed by atoms with van der Waals surface area (Å²) in [5, 5.41) is 7.00. The molecule has 1 aromatic rings. The van der Waals surface area contributed by atoms with Crippen molar-refractivity contribution in [1.29, 1.82) is 0 Å². The van der Waals surface area contributed by atoms with Gasteiger partial charge in [0.1, 0.15) is 5.76 Å². The predicted octanol–water partition coefficient (Wildman–Crippen LogP) is 1.09. The number of rotatable bonds is 0. The van der Waals surface area contributed by atoms with Crippen LogP contribution in [0.3, 0.4) is 0 Å². The third kappa shape index (κ3) is 2.11. The van der Waals surface area contributed by atoms with Gasteiger partial charge < -0.3 is 15.3 Å². The van der Waals surface area contributed by atoms with Crippen LogP contribution >= 0.6 is 0 Å². The number of nitrogens with two attached hydrogens (primary N) is 1. The van der Waals surface area contributed by atoms with Gasteiger partial charge in [0.25, 0.3) is 0 Å². The monoisotopic (exact) mass is 143 g/mol. The lowest BCUT2D eigenvalue weighted by Gasteiger charge is -1.80. The van der Waals surface area contributed by atoms with Crippen molar-refractivity contribution in [2.75, 3.05) is 12.8 Å². The van der Waals surface area contributed by atoms with Crippen LogP contribution in [-0.4, -0.2) is 12.2 Å². The van der Waals surface area contributed by atoms with Gasteiger partial charge in [-0.05, 0) is 19.4 Å². The highest BCUT2D eigenvalue weighted by molar-refractivity contribution is 5.31. The van der Waals surface area contributed by atoms with Crippen LogP contribution in [0.2, 0.25) is 0 Å². The van der Waals surface area contributed by atoms with Gasteiger partial charge in [0.2, 0.25) is 0 Å². The van der Waals surface area contributed by atoms with Crippen molar-refractivity contribution in [3.8, 4) is 0 Å². The van der Waals surface area contributed by atoms with Crippen LogP contribution in [0.5, 0.6) is 0 Å². The first-order chi connectivity index (χ1) is 4.70. The first-order valence-corrected chi connectivity index (χ1v) is 2.97. The number of aliphatic hydroxyl groups excluding tert-OH is 1. The fourth-order valence-corrected chi connectivity index (χ4v) is 0.602. The molecule has 3 heteroatoms. The molecular formula is C7H13NO2. The van der Waals surface area contributed by atoms with Gasteiger partial charge in [0, 0.05) is 13.2 Å². The molecule has 0 aliphatic carbocycles. The normalized spacial score (nSPS) is 8.40. The van der Waals surface area contributed by atoms with Crippen LogP contribution in [0, 0.1) is 13.8 Å². The van der Waals surface area contributed by atoms with Gasteiger partial charge in [-0.1, -0.05) is 0 Å². The number of nitrogen functional groups attached to an aromatic ring is 1. The minimum atomic E-state index is 0.500. The van der Waals surface area contributed by atoms with E-state index in [9.17, 15) is 0 Å². The third-order valence-electron chi connectivity index (χ3n) is 1.19. The molecule has 0 atom stereocenters. The van der Waals surface area contributed by atoms with Gasteiger partial charge in [0.15, 0.2) is 5.88 Å². The Morgan fingerprint density at radius 2 is 1.90 bits per heavy atom. The highest BCUT2D eigenvalue weighted by Gasteiger charge is 1.96. The second-order valence-electron chi connectivity index (χ2n) is 1.89. The molecule has 3 N–H and O–H groups in total. The SMILES string of the molecule is CO.Cc1cc(N)oc1C. The van der Waals surface area contributed by atoms with Crippen molar-refractivity contribution in [3.63, 3.8) is 0 Å². The first kappa shape index (κ1) is 9.04. The maximum atomic E-state index is 7.00. The van der Waals surface area contributed by atoms with Crippen LogP contribution in [0.4, 0.5) is 5.88 Å². The number of hydrogen-bond donors (Lipinski definition) is 2. The zero-order chi connectivity index (χ0) is 8.15. The Morgan fingerprint density at radius 3 is 2.00 bits per heavy atom. The standard InChI is InChI=1S/C6H9NO.CH4O/c1-4-3-6(7)8-5(4)2;1-2/h3H,7H2,1-2H3;2H,1H3. The van der Waals surface area contributed by atoms with E-state index in [1.165, 1.54) is 0 Å². The Morgan fingerprint density at radius 1 is 1.40 bits per heavy atom. The average molecular weight is 143 g/mol. The molecule has 0 unspecified atom stereocenters. The second-order valence-corrected chi connectivity index (χ2v) is 1.89. The largest absolute Gasteiger partial charge is 0.446 e. The molecule has 0 fully saturated rings. The number of aryl methyl sites for hydroxylation is 2. The summed E-state index contributed by atoms with van der Waals surface area (Å²) in [6.45, 7) is 3.86. The summed E-state index contributed by atoms with van der Waals surface area (Å²) in [5.74, 6) is 1.41. The molecule has 1 heterocycles. The van der Waals surface area contributed by atoms with Gasteiger partial charge >= 0.3 is 0 Å². The van der Waals surface area contributed by atoms with Crippen LogP contribution in [-0.2, 0) is 0 Å². The molecule has 0 saturated heterocycles. The quantitative estimate of drug-likeness (QED) is 0.571. The van der Waals surface area contributed by atoms with Crippen LogP contribution in [0.15, 0.2) is 10.5 Å². The lowest BCUT2D eigenvalue weighted by atomic mass is 10.3. The Bertz CT molecular complexity index is 174. The molecule has 0 spiro atoms. The minimum absolute atomic E-state index is 0.500. The van der Waals surface area contributed by atoms with Crippen molar-refractivity contribution in [3.05, 3.63) is 17.4 Å². The van der Waals surface area contributed by atoms with Crippen molar-refractivity contribution in [1.82, 2.24) is 0 Å². The summed E-state index contributed by atoms with van der Waals surface area (Å²) in [6, 6.07) is 1.81. The molecule has 58 valence electrons. The second kappa shape index (κ2) is 3.95. The minimum Gasteiger partial charge on any atom is -0.446 e. The fourth-order valence-electron chi connectivity index (χ4n) is 0.602. The summed E-state index contributed by atoms with van der Waals surface area (Å²) < 4.78 is 4.99. The molecule has 0 aliphatic rings. The van der Waals surface area contributed by atoms with Crippen LogP contribution < -0.4 is 5.73 Å². The maximum absolute atomic E-state index is 7.00.